The molecule has 2 aromatic rings. The van der Waals surface area contributed by atoms with E-state index in [4.69, 9.17) is 4.74 Å². The van der Waals surface area contributed by atoms with Gasteiger partial charge in [0.1, 0.15) is 0 Å². The molecule has 0 radical (unpaired) electrons. The lowest BCUT2D eigenvalue weighted by Crippen LogP contribution is -2.41. The summed E-state index contributed by atoms with van der Waals surface area (Å²) >= 11 is 0. The van der Waals surface area contributed by atoms with E-state index in [0.29, 0.717) is 26.3 Å². The molecule has 0 bridgehead atoms. The number of hydrogen-bond donors (Lipinski definition) is 1. The number of carbonyl (C=O) groups is 2. The van der Waals surface area contributed by atoms with Gasteiger partial charge in [0.25, 0.3) is 15.9 Å². The lowest BCUT2D eigenvalue weighted by atomic mass is 10.1. The summed E-state index contributed by atoms with van der Waals surface area (Å²) in [5.41, 5.74) is 0.530. The van der Waals surface area contributed by atoms with Crippen molar-refractivity contribution < 1.29 is 27.5 Å². The number of methoxy groups -OCH3 is 1. The Labute approximate surface area is 163 Å². The van der Waals surface area contributed by atoms with Gasteiger partial charge in [0.2, 0.25) is 0 Å². The molecule has 0 saturated carbocycles. The first-order valence-electron chi connectivity index (χ1n) is 8.59. The zero-order valence-electron chi connectivity index (χ0n) is 15.3. The average molecular weight is 404 g/mol. The molecule has 1 fully saturated rings. The van der Waals surface area contributed by atoms with Crippen molar-refractivity contribution in [1.82, 2.24) is 4.90 Å². The number of anilines is 1. The molecule has 2 aromatic carbocycles. The highest BCUT2D eigenvalue weighted by atomic mass is 32.2. The molecule has 1 saturated heterocycles. The standard InChI is InChI=1S/C19H20N2O6S/c1-26-19(23)14-5-4-6-15(13-14)28(24,25)20-17-8-3-2-7-16(17)18(22)21-9-11-27-12-10-21/h2-8,13,20H,9-12H2,1H3. The lowest BCUT2D eigenvalue weighted by molar-refractivity contribution is 0.0303. The minimum Gasteiger partial charge on any atom is -0.465 e. The highest BCUT2D eigenvalue weighted by Gasteiger charge is 2.24. The van der Waals surface area contributed by atoms with Crippen molar-refractivity contribution in [2.45, 2.75) is 4.90 Å². The molecular weight excluding hydrogens is 384 g/mol. The van der Waals surface area contributed by atoms with Crippen LogP contribution in [0.2, 0.25) is 0 Å². The van der Waals surface area contributed by atoms with E-state index >= 15 is 0 Å². The number of sulfonamides is 1. The van der Waals surface area contributed by atoms with Crippen LogP contribution in [0, 0.1) is 0 Å². The van der Waals surface area contributed by atoms with Gasteiger partial charge in [-0.3, -0.25) is 9.52 Å². The third kappa shape index (κ3) is 4.32. The Bertz CT molecular complexity index is 983. The van der Waals surface area contributed by atoms with E-state index in [1.807, 2.05) is 0 Å². The van der Waals surface area contributed by atoms with Gasteiger partial charge in [0.05, 0.1) is 42.0 Å². The molecule has 3 rings (SSSR count). The third-order valence-electron chi connectivity index (χ3n) is 4.27. The number of carbonyl (C=O) groups excluding carboxylic acids is 2. The highest BCUT2D eigenvalue weighted by molar-refractivity contribution is 7.92. The van der Waals surface area contributed by atoms with Gasteiger partial charge in [0, 0.05) is 13.1 Å². The summed E-state index contributed by atoms with van der Waals surface area (Å²) in [5.74, 6) is -0.912. The summed E-state index contributed by atoms with van der Waals surface area (Å²) in [6.07, 6.45) is 0. The van der Waals surface area contributed by atoms with Gasteiger partial charge in [-0.05, 0) is 30.3 Å². The maximum Gasteiger partial charge on any atom is 0.337 e. The summed E-state index contributed by atoms with van der Waals surface area (Å²) in [4.78, 5) is 26.0. The number of para-hydroxylation sites is 1. The summed E-state index contributed by atoms with van der Waals surface area (Å²) in [6.45, 7) is 1.78. The van der Waals surface area contributed by atoms with Crippen molar-refractivity contribution in [3.8, 4) is 0 Å². The summed E-state index contributed by atoms with van der Waals surface area (Å²) < 4.78 is 37.9. The van der Waals surface area contributed by atoms with Crippen molar-refractivity contribution in [2.24, 2.45) is 0 Å². The fourth-order valence-corrected chi connectivity index (χ4v) is 3.93. The van der Waals surface area contributed by atoms with Crippen LogP contribution in [-0.4, -0.2) is 58.6 Å². The first kappa shape index (κ1) is 19.8. The normalized spacial score (nSPS) is 14.4. The predicted octanol–water partition coefficient (Wildman–Crippen LogP) is 1.75. The number of nitrogens with zero attached hydrogens (tertiary/aromatic N) is 1. The van der Waals surface area contributed by atoms with Crippen molar-refractivity contribution in [2.75, 3.05) is 38.1 Å². The average Bonchev–Trinajstić information content (AvgIpc) is 2.73. The second-order valence-electron chi connectivity index (χ2n) is 6.08. The van der Waals surface area contributed by atoms with Gasteiger partial charge < -0.3 is 14.4 Å². The molecule has 0 aliphatic carbocycles. The molecule has 0 aromatic heterocycles. The van der Waals surface area contributed by atoms with Gasteiger partial charge in [-0.15, -0.1) is 0 Å². The van der Waals surface area contributed by atoms with E-state index in [-0.39, 0.29) is 27.6 Å². The molecule has 0 unspecified atom stereocenters. The largest absolute Gasteiger partial charge is 0.465 e. The fraction of sp³-hybridized carbons (Fsp3) is 0.263. The Morgan fingerprint density at radius 1 is 1.07 bits per heavy atom. The first-order chi connectivity index (χ1) is 13.4. The Morgan fingerprint density at radius 2 is 1.79 bits per heavy atom. The molecule has 1 aliphatic heterocycles. The molecule has 9 heteroatoms. The minimum absolute atomic E-state index is 0.107. The van der Waals surface area contributed by atoms with Gasteiger partial charge >= 0.3 is 5.97 Å². The molecule has 1 amide bonds. The number of ether oxygens (including phenoxy) is 2. The highest BCUT2D eigenvalue weighted by Crippen LogP contribution is 2.22. The van der Waals surface area contributed by atoms with Gasteiger partial charge in [-0.2, -0.15) is 0 Å². The van der Waals surface area contributed by atoms with Crippen LogP contribution in [-0.2, 0) is 19.5 Å². The van der Waals surface area contributed by atoms with Gasteiger partial charge in [-0.1, -0.05) is 18.2 Å². The number of amides is 1. The predicted molar refractivity (Wildman–Crippen MR) is 102 cm³/mol. The molecule has 0 spiro atoms. The quantitative estimate of drug-likeness (QED) is 0.762. The van der Waals surface area contributed by atoms with E-state index in [1.54, 1.807) is 23.1 Å². The Balaban J connectivity index is 1.89. The van der Waals surface area contributed by atoms with Crippen LogP contribution in [0.1, 0.15) is 20.7 Å². The molecule has 1 heterocycles. The first-order valence-corrected chi connectivity index (χ1v) is 10.1. The number of morpholine rings is 1. The lowest BCUT2D eigenvalue weighted by Gasteiger charge is -2.27. The SMILES string of the molecule is COC(=O)c1cccc(S(=O)(=O)Nc2ccccc2C(=O)N2CCOCC2)c1. The van der Waals surface area contributed by atoms with E-state index in [2.05, 4.69) is 9.46 Å². The number of esters is 1. The van der Waals surface area contributed by atoms with Crippen LogP contribution < -0.4 is 4.72 Å². The van der Waals surface area contributed by atoms with Crippen LogP contribution in [0.15, 0.2) is 53.4 Å². The molecule has 1 N–H and O–H groups in total. The zero-order chi connectivity index (χ0) is 20.1. The van der Waals surface area contributed by atoms with E-state index < -0.39 is 16.0 Å². The Morgan fingerprint density at radius 3 is 2.50 bits per heavy atom. The Hall–Kier alpha value is -2.91. The molecule has 1 aliphatic rings. The number of rotatable bonds is 5. The molecule has 0 atom stereocenters. The van der Waals surface area contributed by atoms with Crippen molar-refractivity contribution in [1.29, 1.82) is 0 Å². The second-order valence-corrected chi connectivity index (χ2v) is 7.76. The van der Waals surface area contributed by atoms with Gasteiger partial charge in [0.15, 0.2) is 0 Å². The molecular formula is C19H20N2O6S. The number of benzene rings is 2. The maximum atomic E-state index is 12.8. The number of hydrogen-bond acceptors (Lipinski definition) is 6. The molecule has 8 nitrogen and oxygen atoms in total. The van der Waals surface area contributed by atoms with Crippen LogP contribution in [0.4, 0.5) is 5.69 Å². The molecule has 28 heavy (non-hydrogen) atoms. The zero-order valence-corrected chi connectivity index (χ0v) is 16.1. The van der Waals surface area contributed by atoms with Crippen molar-refractivity contribution in [3.05, 3.63) is 59.7 Å². The van der Waals surface area contributed by atoms with Crippen LogP contribution >= 0.6 is 0 Å². The number of nitrogens with one attached hydrogen (secondary N) is 1. The third-order valence-corrected chi connectivity index (χ3v) is 5.63. The summed E-state index contributed by atoms with van der Waals surface area (Å²) in [7, 11) is -2.80. The fourth-order valence-electron chi connectivity index (χ4n) is 2.81. The van der Waals surface area contributed by atoms with E-state index in [9.17, 15) is 18.0 Å². The summed E-state index contributed by atoms with van der Waals surface area (Å²) in [6, 6.07) is 11.9. The Kier molecular flexibility index (Phi) is 5.96. The van der Waals surface area contributed by atoms with Crippen LogP contribution in [0.5, 0.6) is 0 Å². The molecule has 148 valence electrons. The van der Waals surface area contributed by atoms with Crippen LogP contribution in [0.25, 0.3) is 0 Å². The second kappa shape index (κ2) is 8.41. The van der Waals surface area contributed by atoms with E-state index in [0.717, 1.165) is 0 Å². The smallest absolute Gasteiger partial charge is 0.337 e. The minimum atomic E-state index is -4.02. The van der Waals surface area contributed by atoms with Crippen LogP contribution in [0.3, 0.4) is 0 Å². The van der Waals surface area contributed by atoms with Crippen molar-refractivity contribution in [3.63, 3.8) is 0 Å². The summed E-state index contributed by atoms with van der Waals surface area (Å²) in [5, 5.41) is 0. The van der Waals surface area contributed by atoms with Crippen molar-refractivity contribution >= 4 is 27.6 Å². The maximum absolute atomic E-state index is 12.8. The van der Waals surface area contributed by atoms with E-state index in [1.165, 1.54) is 37.4 Å². The van der Waals surface area contributed by atoms with Gasteiger partial charge in [-0.25, -0.2) is 13.2 Å². The topological polar surface area (TPSA) is 102 Å². The monoisotopic (exact) mass is 404 g/mol.